The Balaban J connectivity index is 1.89. The van der Waals surface area contributed by atoms with Crippen LogP contribution in [-0.4, -0.2) is 13.0 Å². The zero-order chi connectivity index (χ0) is 16.5. The molecule has 0 aliphatic carbocycles. The number of hydrogen-bond donors (Lipinski definition) is 1. The van der Waals surface area contributed by atoms with E-state index in [-0.39, 0.29) is 5.91 Å². The maximum atomic E-state index is 11.5. The molecule has 0 aromatic heterocycles. The molecule has 122 valence electrons. The van der Waals surface area contributed by atoms with Gasteiger partial charge in [0.1, 0.15) is 11.5 Å². The van der Waals surface area contributed by atoms with Crippen LogP contribution < -0.4 is 10.1 Å². The van der Waals surface area contributed by atoms with E-state index >= 15 is 0 Å². The van der Waals surface area contributed by atoms with E-state index in [9.17, 15) is 4.79 Å². The van der Waals surface area contributed by atoms with Crippen LogP contribution in [-0.2, 0) is 6.42 Å². The number of ether oxygens (including phenoxy) is 1. The molecule has 1 amide bonds. The summed E-state index contributed by atoms with van der Waals surface area (Å²) >= 11 is 0. The smallest absolute Gasteiger partial charge is 0.251 e. The number of unbranched alkanes of at least 4 members (excludes halogenated alkanes) is 3. The summed E-state index contributed by atoms with van der Waals surface area (Å²) in [5.74, 6) is 1.45. The molecule has 1 N–H and O–H groups in total. The Hall–Kier alpha value is -2.29. The van der Waals surface area contributed by atoms with Gasteiger partial charge in [-0.2, -0.15) is 0 Å². The van der Waals surface area contributed by atoms with Gasteiger partial charge in [-0.3, -0.25) is 4.79 Å². The minimum atomic E-state index is -0.0935. The average molecular weight is 311 g/mol. The molecule has 3 nitrogen and oxygen atoms in total. The van der Waals surface area contributed by atoms with Crippen LogP contribution >= 0.6 is 0 Å². The van der Waals surface area contributed by atoms with Crippen LogP contribution in [0, 0.1) is 0 Å². The molecule has 2 rings (SSSR count). The van der Waals surface area contributed by atoms with Gasteiger partial charge >= 0.3 is 0 Å². The van der Waals surface area contributed by atoms with E-state index < -0.39 is 0 Å². The molecule has 0 unspecified atom stereocenters. The van der Waals surface area contributed by atoms with Gasteiger partial charge in [0.15, 0.2) is 0 Å². The summed E-state index contributed by atoms with van der Waals surface area (Å²) < 4.78 is 5.81. The largest absolute Gasteiger partial charge is 0.457 e. The molecule has 23 heavy (non-hydrogen) atoms. The fourth-order valence-corrected chi connectivity index (χ4v) is 2.43. The van der Waals surface area contributed by atoms with Crippen molar-refractivity contribution in [2.24, 2.45) is 0 Å². The van der Waals surface area contributed by atoms with E-state index in [2.05, 4.69) is 24.4 Å². The first-order chi connectivity index (χ1) is 11.2. The van der Waals surface area contributed by atoms with Crippen molar-refractivity contribution in [3.8, 4) is 11.5 Å². The number of aryl methyl sites for hydroxylation is 1. The molecule has 0 aliphatic rings. The van der Waals surface area contributed by atoms with Gasteiger partial charge in [-0.25, -0.2) is 0 Å². The van der Waals surface area contributed by atoms with Gasteiger partial charge in [0, 0.05) is 12.6 Å². The summed E-state index contributed by atoms with van der Waals surface area (Å²) in [4.78, 5) is 11.5. The maximum Gasteiger partial charge on any atom is 0.251 e. The SMILES string of the molecule is CCCCCCc1ccc(Oc2ccc(C(=O)NC)cc2)cc1. The van der Waals surface area contributed by atoms with Crippen LogP contribution in [0.4, 0.5) is 0 Å². The Morgan fingerprint density at radius 2 is 1.52 bits per heavy atom. The van der Waals surface area contributed by atoms with E-state index in [4.69, 9.17) is 4.74 Å². The van der Waals surface area contributed by atoms with Crippen molar-refractivity contribution in [3.05, 3.63) is 59.7 Å². The van der Waals surface area contributed by atoms with Gasteiger partial charge in [0.05, 0.1) is 0 Å². The minimum absolute atomic E-state index is 0.0935. The van der Waals surface area contributed by atoms with Gasteiger partial charge in [-0.1, -0.05) is 38.3 Å². The summed E-state index contributed by atoms with van der Waals surface area (Å²) in [5.41, 5.74) is 1.98. The highest BCUT2D eigenvalue weighted by Gasteiger charge is 2.03. The molecule has 0 radical (unpaired) electrons. The monoisotopic (exact) mass is 311 g/mol. The van der Waals surface area contributed by atoms with Gasteiger partial charge < -0.3 is 10.1 Å². The van der Waals surface area contributed by atoms with E-state index in [0.29, 0.717) is 5.56 Å². The Morgan fingerprint density at radius 1 is 0.913 bits per heavy atom. The molecule has 0 atom stereocenters. The fraction of sp³-hybridized carbons (Fsp3) is 0.350. The molecule has 3 heteroatoms. The molecule has 0 fully saturated rings. The van der Waals surface area contributed by atoms with Gasteiger partial charge in [0.2, 0.25) is 0 Å². The van der Waals surface area contributed by atoms with Crippen molar-refractivity contribution < 1.29 is 9.53 Å². The van der Waals surface area contributed by atoms with E-state index in [0.717, 1.165) is 17.9 Å². The third kappa shape index (κ3) is 5.44. The Labute approximate surface area is 138 Å². The predicted molar refractivity (Wildman–Crippen MR) is 94.2 cm³/mol. The van der Waals surface area contributed by atoms with Crippen molar-refractivity contribution in [1.82, 2.24) is 5.32 Å². The predicted octanol–water partition coefficient (Wildman–Crippen LogP) is 4.96. The molecular weight excluding hydrogens is 286 g/mol. The topological polar surface area (TPSA) is 38.3 Å². The summed E-state index contributed by atoms with van der Waals surface area (Å²) in [6, 6.07) is 15.4. The second kappa shape index (κ2) is 8.99. The zero-order valence-corrected chi connectivity index (χ0v) is 14.0. The van der Waals surface area contributed by atoms with Gasteiger partial charge in [-0.15, -0.1) is 0 Å². The zero-order valence-electron chi connectivity index (χ0n) is 14.0. The van der Waals surface area contributed by atoms with Crippen LogP contribution in [0.25, 0.3) is 0 Å². The van der Waals surface area contributed by atoms with Crippen molar-refractivity contribution >= 4 is 5.91 Å². The second-order valence-corrected chi connectivity index (χ2v) is 5.66. The Bertz CT molecular complexity index is 603. The maximum absolute atomic E-state index is 11.5. The number of hydrogen-bond acceptors (Lipinski definition) is 2. The van der Waals surface area contributed by atoms with Crippen LogP contribution in [0.1, 0.15) is 48.5 Å². The third-order valence-corrected chi connectivity index (χ3v) is 3.82. The van der Waals surface area contributed by atoms with Gasteiger partial charge in [0.25, 0.3) is 5.91 Å². The lowest BCUT2D eigenvalue weighted by molar-refractivity contribution is 0.0963. The van der Waals surface area contributed by atoms with Crippen LogP contribution in [0.5, 0.6) is 11.5 Å². The highest BCUT2D eigenvalue weighted by Crippen LogP contribution is 2.22. The number of benzene rings is 2. The number of rotatable bonds is 8. The first-order valence-corrected chi connectivity index (χ1v) is 8.32. The van der Waals surface area contributed by atoms with E-state index in [1.807, 2.05) is 24.3 Å². The molecular formula is C20H25NO2. The van der Waals surface area contributed by atoms with Crippen LogP contribution in [0.15, 0.2) is 48.5 Å². The minimum Gasteiger partial charge on any atom is -0.457 e. The number of nitrogens with one attached hydrogen (secondary N) is 1. The number of carbonyl (C=O) groups is 1. The first-order valence-electron chi connectivity index (χ1n) is 8.32. The van der Waals surface area contributed by atoms with E-state index in [1.165, 1.54) is 31.2 Å². The van der Waals surface area contributed by atoms with Crippen LogP contribution in [0.3, 0.4) is 0 Å². The molecule has 0 saturated heterocycles. The van der Waals surface area contributed by atoms with Crippen molar-refractivity contribution in [1.29, 1.82) is 0 Å². The lowest BCUT2D eigenvalue weighted by Gasteiger charge is -2.08. The summed E-state index contributed by atoms with van der Waals surface area (Å²) in [7, 11) is 1.62. The molecule has 0 saturated carbocycles. The standard InChI is InChI=1S/C20H25NO2/c1-3-4-5-6-7-16-8-12-18(13-9-16)23-19-14-10-17(11-15-19)20(22)21-2/h8-15H,3-7H2,1-2H3,(H,21,22). The summed E-state index contributed by atoms with van der Waals surface area (Å²) in [5, 5.41) is 2.60. The quantitative estimate of drug-likeness (QED) is 0.700. The second-order valence-electron chi connectivity index (χ2n) is 5.66. The summed E-state index contributed by atoms with van der Waals surface area (Å²) in [6.45, 7) is 2.23. The average Bonchev–Trinajstić information content (AvgIpc) is 2.60. The normalized spacial score (nSPS) is 10.3. The summed E-state index contributed by atoms with van der Waals surface area (Å²) in [6.07, 6.45) is 6.25. The molecule has 0 spiro atoms. The third-order valence-electron chi connectivity index (χ3n) is 3.82. The molecule has 0 aliphatic heterocycles. The Morgan fingerprint density at radius 3 is 2.09 bits per heavy atom. The molecule has 2 aromatic carbocycles. The molecule has 0 bridgehead atoms. The highest BCUT2D eigenvalue weighted by atomic mass is 16.5. The number of amides is 1. The fourth-order valence-electron chi connectivity index (χ4n) is 2.43. The van der Waals surface area contributed by atoms with Crippen molar-refractivity contribution in [2.45, 2.75) is 39.0 Å². The molecule has 2 aromatic rings. The molecule has 0 heterocycles. The first kappa shape index (κ1) is 17.1. The van der Waals surface area contributed by atoms with Gasteiger partial charge in [-0.05, 0) is 54.8 Å². The Kier molecular flexibility index (Phi) is 6.67. The highest BCUT2D eigenvalue weighted by molar-refractivity contribution is 5.94. The lowest BCUT2D eigenvalue weighted by Crippen LogP contribution is -2.17. The van der Waals surface area contributed by atoms with Crippen molar-refractivity contribution in [2.75, 3.05) is 7.05 Å². The number of carbonyl (C=O) groups excluding carboxylic acids is 1. The van der Waals surface area contributed by atoms with E-state index in [1.54, 1.807) is 19.2 Å². The van der Waals surface area contributed by atoms with Crippen LogP contribution in [0.2, 0.25) is 0 Å². The van der Waals surface area contributed by atoms with Crippen molar-refractivity contribution in [3.63, 3.8) is 0 Å². The lowest BCUT2D eigenvalue weighted by atomic mass is 10.1.